The van der Waals surface area contributed by atoms with E-state index >= 15 is 0 Å². The number of aromatic nitrogens is 1. The molecule has 0 atom stereocenters. The Hall–Kier alpha value is -1.16. The zero-order valence-corrected chi connectivity index (χ0v) is 7.33. The molecule has 0 saturated carbocycles. The van der Waals surface area contributed by atoms with E-state index in [0.29, 0.717) is 5.69 Å². The van der Waals surface area contributed by atoms with Crippen LogP contribution in [0, 0.1) is 5.95 Å². The summed E-state index contributed by atoms with van der Waals surface area (Å²) in [5.41, 5.74) is 0.615. The van der Waals surface area contributed by atoms with Crippen LogP contribution in [0.15, 0.2) is 18.3 Å². The molecule has 4 heteroatoms. The van der Waals surface area contributed by atoms with Crippen LogP contribution in [0.5, 0.6) is 0 Å². The minimum absolute atomic E-state index is 0.371. The smallest absolute Gasteiger partial charge is 0.236 e. The molecule has 0 radical (unpaired) electrons. The number of rotatable bonds is 1. The molecule has 1 aliphatic heterocycles. The van der Waals surface area contributed by atoms with Crippen molar-refractivity contribution < 1.29 is 4.39 Å². The van der Waals surface area contributed by atoms with E-state index < -0.39 is 0 Å². The molecule has 1 aliphatic rings. The Morgan fingerprint density at radius 2 is 2.15 bits per heavy atom. The first-order chi connectivity index (χ1) is 6.38. The molecule has 1 N–H and O–H groups in total. The number of pyridine rings is 1. The number of nitrogens with one attached hydrogen (secondary N) is 1. The van der Waals surface area contributed by atoms with Gasteiger partial charge in [-0.15, -0.1) is 0 Å². The fraction of sp³-hybridized carbons (Fsp3) is 0.444. The second-order valence-electron chi connectivity index (χ2n) is 3.05. The Labute approximate surface area is 76.6 Å². The maximum absolute atomic E-state index is 13.2. The molecule has 0 amide bonds. The van der Waals surface area contributed by atoms with Gasteiger partial charge in [-0.05, 0) is 12.1 Å². The van der Waals surface area contributed by atoms with E-state index in [-0.39, 0.29) is 5.95 Å². The van der Waals surface area contributed by atoms with E-state index in [1.54, 1.807) is 12.1 Å². The van der Waals surface area contributed by atoms with Crippen LogP contribution in [0.4, 0.5) is 10.1 Å². The normalized spacial score (nSPS) is 17.5. The van der Waals surface area contributed by atoms with E-state index in [9.17, 15) is 4.39 Å². The molecular weight excluding hydrogens is 169 g/mol. The maximum atomic E-state index is 13.2. The summed E-state index contributed by atoms with van der Waals surface area (Å²) in [6, 6.07) is 3.54. The number of hydrogen-bond donors (Lipinski definition) is 1. The predicted molar refractivity (Wildman–Crippen MR) is 49.3 cm³/mol. The molecule has 70 valence electrons. The molecule has 13 heavy (non-hydrogen) atoms. The number of nitrogens with zero attached hydrogens (tertiary/aromatic N) is 2. The highest BCUT2D eigenvalue weighted by molar-refractivity contribution is 5.45. The third kappa shape index (κ3) is 1.78. The number of piperazine rings is 1. The van der Waals surface area contributed by atoms with Gasteiger partial charge in [-0.25, -0.2) is 4.98 Å². The minimum atomic E-state index is -0.371. The van der Waals surface area contributed by atoms with E-state index in [1.165, 1.54) is 6.20 Å². The van der Waals surface area contributed by atoms with Gasteiger partial charge in [-0.3, -0.25) is 0 Å². The van der Waals surface area contributed by atoms with Gasteiger partial charge in [-0.1, -0.05) is 0 Å². The van der Waals surface area contributed by atoms with E-state index in [1.807, 2.05) is 4.90 Å². The van der Waals surface area contributed by atoms with Crippen molar-refractivity contribution in [2.75, 3.05) is 31.1 Å². The summed E-state index contributed by atoms with van der Waals surface area (Å²) in [5.74, 6) is -0.371. The Kier molecular flexibility index (Phi) is 2.40. The average molecular weight is 181 g/mol. The van der Waals surface area contributed by atoms with E-state index in [4.69, 9.17) is 0 Å². The van der Waals surface area contributed by atoms with Gasteiger partial charge in [0.25, 0.3) is 0 Å². The van der Waals surface area contributed by atoms with Gasteiger partial charge >= 0.3 is 0 Å². The first-order valence-corrected chi connectivity index (χ1v) is 4.44. The van der Waals surface area contributed by atoms with Crippen LogP contribution in [-0.2, 0) is 0 Å². The number of hydrogen-bond acceptors (Lipinski definition) is 3. The quantitative estimate of drug-likeness (QED) is 0.644. The Balaban J connectivity index is 2.18. The van der Waals surface area contributed by atoms with Crippen molar-refractivity contribution in [1.82, 2.24) is 10.3 Å². The summed E-state index contributed by atoms with van der Waals surface area (Å²) in [7, 11) is 0. The molecule has 3 nitrogen and oxygen atoms in total. The largest absolute Gasteiger partial charge is 0.365 e. The van der Waals surface area contributed by atoms with Crippen LogP contribution in [-0.4, -0.2) is 31.2 Å². The van der Waals surface area contributed by atoms with Gasteiger partial charge in [0.15, 0.2) is 0 Å². The molecule has 0 bridgehead atoms. The Bertz CT molecular complexity index is 284. The fourth-order valence-corrected chi connectivity index (χ4v) is 1.52. The van der Waals surface area contributed by atoms with Gasteiger partial charge in [0, 0.05) is 32.4 Å². The van der Waals surface area contributed by atoms with E-state index in [0.717, 1.165) is 26.2 Å². The van der Waals surface area contributed by atoms with Gasteiger partial charge < -0.3 is 10.2 Å². The van der Waals surface area contributed by atoms with Crippen molar-refractivity contribution in [3.8, 4) is 0 Å². The van der Waals surface area contributed by atoms with Gasteiger partial charge in [-0.2, -0.15) is 4.39 Å². The molecule has 2 heterocycles. The fourth-order valence-electron chi connectivity index (χ4n) is 1.52. The van der Waals surface area contributed by atoms with E-state index in [2.05, 4.69) is 10.3 Å². The molecule has 0 unspecified atom stereocenters. The Morgan fingerprint density at radius 1 is 1.38 bits per heavy atom. The minimum Gasteiger partial charge on any atom is -0.365 e. The van der Waals surface area contributed by atoms with Crippen molar-refractivity contribution in [3.63, 3.8) is 0 Å². The molecule has 1 aromatic heterocycles. The molecule has 0 spiro atoms. The van der Waals surface area contributed by atoms with Crippen LogP contribution in [0.25, 0.3) is 0 Å². The lowest BCUT2D eigenvalue weighted by atomic mass is 10.3. The highest BCUT2D eigenvalue weighted by atomic mass is 19.1. The van der Waals surface area contributed by atoms with Crippen molar-refractivity contribution in [2.45, 2.75) is 0 Å². The zero-order valence-electron chi connectivity index (χ0n) is 7.33. The summed E-state index contributed by atoms with van der Waals surface area (Å²) in [5, 5.41) is 3.22. The standard InChI is InChI=1S/C9H12FN3/c10-9-8(2-1-3-12-9)13-6-4-11-5-7-13/h1-3,11H,4-7H2. The van der Waals surface area contributed by atoms with Crippen molar-refractivity contribution >= 4 is 5.69 Å². The van der Waals surface area contributed by atoms with Gasteiger partial charge in [0.1, 0.15) is 0 Å². The van der Waals surface area contributed by atoms with Crippen LogP contribution in [0.2, 0.25) is 0 Å². The highest BCUT2D eigenvalue weighted by Gasteiger charge is 2.13. The van der Waals surface area contributed by atoms with Gasteiger partial charge in [0.2, 0.25) is 5.95 Å². The van der Waals surface area contributed by atoms with Crippen molar-refractivity contribution in [3.05, 3.63) is 24.3 Å². The van der Waals surface area contributed by atoms with Crippen LogP contribution in [0.3, 0.4) is 0 Å². The zero-order chi connectivity index (χ0) is 9.10. The molecule has 1 fully saturated rings. The third-order valence-electron chi connectivity index (χ3n) is 2.20. The second-order valence-corrected chi connectivity index (χ2v) is 3.05. The van der Waals surface area contributed by atoms with Gasteiger partial charge in [0.05, 0.1) is 5.69 Å². The average Bonchev–Trinajstić information content (AvgIpc) is 2.20. The summed E-state index contributed by atoms with van der Waals surface area (Å²) < 4.78 is 13.2. The van der Waals surface area contributed by atoms with Crippen LogP contribution >= 0.6 is 0 Å². The molecule has 0 aliphatic carbocycles. The monoisotopic (exact) mass is 181 g/mol. The third-order valence-corrected chi connectivity index (χ3v) is 2.20. The summed E-state index contributed by atoms with van der Waals surface area (Å²) in [6.45, 7) is 3.52. The lowest BCUT2D eigenvalue weighted by Crippen LogP contribution is -2.43. The number of anilines is 1. The summed E-state index contributed by atoms with van der Waals surface area (Å²) >= 11 is 0. The molecule has 1 saturated heterocycles. The lowest BCUT2D eigenvalue weighted by Gasteiger charge is -2.29. The first-order valence-electron chi connectivity index (χ1n) is 4.44. The highest BCUT2D eigenvalue weighted by Crippen LogP contribution is 2.16. The SMILES string of the molecule is Fc1ncccc1N1CCNCC1. The molecule has 2 rings (SSSR count). The first kappa shape index (κ1) is 8.44. The lowest BCUT2D eigenvalue weighted by molar-refractivity contribution is 0.548. The molecule has 1 aromatic rings. The summed E-state index contributed by atoms with van der Waals surface area (Å²) in [4.78, 5) is 5.64. The maximum Gasteiger partial charge on any atom is 0.236 e. The Morgan fingerprint density at radius 3 is 2.85 bits per heavy atom. The van der Waals surface area contributed by atoms with Crippen molar-refractivity contribution in [1.29, 1.82) is 0 Å². The summed E-state index contributed by atoms with van der Waals surface area (Å²) in [6.07, 6.45) is 1.47. The molecule has 0 aromatic carbocycles. The van der Waals surface area contributed by atoms with Crippen LogP contribution < -0.4 is 10.2 Å². The topological polar surface area (TPSA) is 28.2 Å². The number of halogens is 1. The predicted octanol–water partition coefficient (Wildman–Crippen LogP) is 0.630. The second kappa shape index (κ2) is 3.70. The van der Waals surface area contributed by atoms with Crippen molar-refractivity contribution in [2.24, 2.45) is 0 Å². The van der Waals surface area contributed by atoms with Crippen LogP contribution in [0.1, 0.15) is 0 Å². The molecular formula is C9H12FN3.